The summed E-state index contributed by atoms with van der Waals surface area (Å²) >= 11 is 0. The number of esters is 1. The van der Waals surface area contributed by atoms with E-state index in [1.54, 1.807) is 24.3 Å². The van der Waals surface area contributed by atoms with Gasteiger partial charge in [0.25, 0.3) is 0 Å². The fraction of sp³-hybridized carbons (Fsp3) is 0.588. The van der Waals surface area contributed by atoms with Gasteiger partial charge in [-0.1, -0.05) is 37.8 Å². The maximum Gasteiger partial charge on any atom is 0.306 e. The molecule has 128 valence electrons. The number of hydrogen-bond acceptors (Lipinski definition) is 4. The van der Waals surface area contributed by atoms with Crippen LogP contribution in [-0.4, -0.2) is 32.8 Å². The van der Waals surface area contributed by atoms with Gasteiger partial charge >= 0.3 is 5.97 Å². The number of carbonyl (C=O) groups is 1. The van der Waals surface area contributed by atoms with E-state index in [4.69, 9.17) is 4.74 Å². The molecule has 0 spiro atoms. The number of nitrogens with zero attached hydrogens (tertiary/aromatic N) is 1. The first kappa shape index (κ1) is 17.9. The van der Waals surface area contributed by atoms with E-state index in [0.29, 0.717) is 17.9 Å². The lowest BCUT2D eigenvalue weighted by molar-refractivity contribution is -0.145. The predicted molar refractivity (Wildman–Crippen MR) is 88.3 cm³/mol. The van der Waals surface area contributed by atoms with Crippen LogP contribution in [0.1, 0.15) is 44.1 Å². The van der Waals surface area contributed by atoms with Gasteiger partial charge in [-0.2, -0.15) is 0 Å². The van der Waals surface area contributed by atoms with E-state index in [1.165, 1.54) is 44.1 Å². The van der Waals surface area contributed by atoms with Gasteiger partial charge in [0.2, 0.25) is 10.0 Å². The van der Waals surface area contributed by atoms with Gasteiger partial charge in [0.05, 0.1) is 4.90 Å². The second kappa shape index (κ2) is 7.93. The van der Waals surface area contributed by atoms with E-state index in [-0.39, 0.29) is 17.5 Å². The molecule has 1 aliphatic rings. The van der Waals surface area contributed by atoms with E-state index in [1.807, 2.05) is 0 Å². The largest absolute Gasteiger partial charge is 0.461 e. The number of ether oxygens (including phenoxy) is 1. The standard InChI is InChI=1S/C17H25NO4S/c1-18(2)23(20,21)16-9-5-8-15(12-16)13-22-17(19)11-10-14-6-3-4-7-14/h5,8-9,12,14H,3-4,6-7,10-11,13H2,1-2H3. The van der Waals surface area contributed by atoms with Crippen LogP contribution in [0.25, 0.3) is 0 Å². The molecular weight excluding hydrogens is 314 g/mol. The number of carbonyl (C=O) groups excluding carboxylic acids is 1. The van der Waals surface area contributed by atoms with Crippen molar-refractivity contribution in [3.05, 3.63) is 29.8 Å². The Morgan fingerprint density at radius 1 is 1.26 bits per heavy atom. The SMILES string of the molecule is CN(C)S(=O)(=O)c1cccc(COC(=O)CCC2CCCC2)c1. The van der Waals surface area contributed by atoms with Gasteiger partial charge in [-0.3, -0.25) is 4.79 Å². The lowest BCUT2D eigenvalue weighted by Gasteiger charge is -2.12. The van der Waals surface area contributed by atoms with Crippen molar-refractivity contribution < 1.29 is 17.9 Å². The summed E-state index contributed by atoms with van der Waals surface area (Å²) in [6.45, 7) is 0.111. The summed E-state index contributed by atoms with van der Waals surface area (Å²) in [7, 11) is -0.484. The fourth-order valence-electron chi connectivity index (χ4n) is 2.86. The van der Waals surface area contributed by atoms with Crippen molar-refractivity contribution in [3.63, 3.8) is 0 Å². The summed E-state index contributed by atoms with van der Waals surface area (Å²) < 4.78 is 30.6. The minimum Gasteiger partial charge on any atom is -0.461 e. The van der Waals surface area contributed by atoms with Crippen LogP contribution in [0, 0.1) is 5.92 Å². The average molecular weight is 339 g/mol. The van der Waals surface area contributed by atoms with Gasteiger partial charge in [0, 0.05) is 20.5 Å². The Labute approximate surface area is 138 Å². The van der Waals surface area contributed by atoms with E-state index < -0.39 is 10.0 Å². The Hall–Kier alpha value is -1.40. The zero-order chi connectivity index (χ0) is 16.9. The highest BCUT2D eigenvalue weighted by atomic mass is 32.2. The zero-order valence-electron chi connectivity index (χ0n) is 13.8. The van der Waals surface area contributed by atoms with Crippen molar-refractivity contribution >= 4 is 16.0 Å². The molecule has 0 radical (unpaired) electrons. The third kappa shape index (κ3) is 5.04. The normalized spacial score (nSPS) is 16.0. The smallest absolute Gasteiger partial charge is 0.306 e. The van der Waals surface area contributed by atoms with Crippen LogP contribution in [0.5, 0.6) is 0 Å². The molecule has 0 atom stereocenters. The summed E-state index contributed by atoms with van der Waals surface area (Å²) in [4.78, 5) is 12.0. The van der Waals surface area contributed by atoms with Gasteiger partial charge in [0.1, 0.15) is 6.61 Å². The van der Waals surface area contributed by atoms with E-state index in [9.17, 15) is 13.2 Å². The van der Waals surface area contributed by atoms with Crippen LogP contribution >= 0.6 is 0 Å². The van der Waals surface area contributed by atoms with Crippen molar-refractivity contribution in [2.75, 3.05) is 14.1 Å². The van der Waals surface area contributed by atoms with Gasteiger partial charge in [0.15, 0.2) is 0 Å². The van der Waals surface area contributed by atoms with Crippen molar-refractivity contribution in [1.29, 1.82) is 0 Å². The molecule has 0 bridgehead atoms. The molecule has 0 aliphatic heterocycles. The second-order valence-corrected chi connectivity index (χ2v) is 8.44. The first-order valence-electron chi connectivity index (χ1n) is 8.06. The minimum atomic E-state index is -3.47. The summed E-state index contributed by atoms with van der Waals surface area (Å²) in [5, 5.41) is 0. The van der Waals surface area contributed by atoms with Gasteiger partial charge < -0.3 is 4.74 Å². The maximum atomic E-state index is 12.1. The molecule has 1 fully saturated rings. The van der Waals surface area contributed by atoms with E-state index in [2.05, 4.69) is 0 Å². The summed E-state index contributed by atoms with van der Waals surface area (Å²) in [5.41, 5.74) is 0.683. The van der Waals surface area contributed by atoms with Gasteiger partial charge in [-0.05, 0) is 30.0 Å². The van der Waals surface area contributed by atoms with Crippen molar-refractivity contribution in [2.45, 2.75) is 50.0 Å². The second-order valence-electron chi connectivity index (χ2n) is 6.28. The quantitative estimate of drug-likeness (QED) is 0.717. The summed E-state index contributed by atoms with van der Waals surface area (Å²) in [6.07, 6.45) is 6.32. The van der Waals surface area contributed by atoms with Crippen molar-refractivity contribution in [1.82, 2.24) is 4.31 Å². The monoisotopic (exact) mass is 339 g/mol. The molecule has 1 saturated carbocycles. The Kier molecular flexibility index (Phi) is 6.18. The first-order valence-corrected chi connectivity index (χ1v) is 9.50. The van der Waals surface area contributed by atoms with Crippen LogP contribution in [0.4, 0.5) is 0 Å². The highest BCUT2D eigenvalue weighted by Crippen LogP contribution is 2.28. The Morgan fingerprint density at radius 3 is 2.61 bits per heavy atom. The Bertz CT molecular complexity index is 634. The third-order valence-electron chi connectivity index (χ3n) is 4.31. The molecule has 0 aromatic heterocycles. The number of hydrogen-bond donors (Lipinski definition) is 0. The van der Waals surface area contributed by atoms with Gasteiger partial charge in [-0.25, -0.2) is 12.7 Å². The first-order chi connectivity index (χ1) is 10.9. The van der Waals surface area contributed by atoms with E-state index in [0.717, 1.165) is 6.42 Å². The molecule has 6 heteroatoms. The third-order valence-corrected chi connectivity index (χ3v) is 6.12. The molecule has 0 unspecified atom stereocenters. The van der Waals surface area contributed by atoms with E-state index >= 15 is 0 Å². The summed E-state index contributed by atoms with van der Waals surface area (Å²) in [5.74, 6) is 0.453. The molecule has 0 heterocycles. The Morgan fingerprint density at radius 2 is 1.96 bits per heavy atom. The minimum absolute atomic E-state index is 0.111. The highest BCUT2D eigenvalue weighted by Gasteiger charge is 2.18. The number of sulfonamides is 1. The molecule has 1 aliphatic carbocycles. The van der Waals surface area contributed by atoms with Crippen LogP contribution < -0.4 is 0 Å². The topological polar surface area (TPSA) is 63.7 Å². The number of benzene rings is 1. The molecule has 2 rings (SSSR count). The fourth-order valence-corrected chi connectivity index (χ4v) is 3.84. The molecule has 0 N–H and O–H groups in total. The number of rotatable bonds is 7. The maximum absolute atomic E-state index is 12.1. The van der Waals surface area contributed by atoms with Crippen molar-refractivity contribution in [2.24, 2.45) is 5.92 Å². The van der Waals surface area contributed by atoms with Crippen LogP contribution in [0.3, 0.4) is 0 Å². The molecule has 1 aromatic rings. The summed E-state index contributed by atoms with van der Waals surface area (Å²) in [6, 6.07) is 6.53. The van der Waals surface area contributed by atoms with Crippen LogP contribution in [0.15, 0.2) is 29.2 Å². The predicted octanol–water partition coefficient (Wildman–Crippen LogP) is 2.95. The van der Waals surface area contributed by atoms with Gasteiger partial charge in [-0.15, -0.1) is 0 Å². The molecule has 23 heavy (non-hydrogen) atoms. The lowest BCUT2D eigenvalue weighted by atomic mass is 10.0. The molecule has 5 nitrogen and oxygen atoms in total. The van der Waals surface area contributed by atoms with Crippen LogP contribution in [0.2, 0.25) is 0 Å². The molecule has 0 amide bonds. The molecule has 1 aromatic carbocycles. The lowest BCUT2D eigenvalue weighted by Crippen LogP contribution is -2.22. The Balaban J connectivity index is 1.87. The van der Waals surface area contributed by atoms with Crippen molar-refractivity contribution in [3.8, 4) is 0 Å². The highest BCUT2D eigenvalue weighted by molar-refractivity contribution is 7.89. The zero-order valence-corrected chi connectivity index (χ0v) is 14.6. The molecular formula is C17H25NO4S. The molecule has 0 saturated heterocycles. The average Bonchev–Trinajstić information content (AvgIpc) is 3.04. The van der Waals surface area contributed by atoms with Crippen LogP contribution in [-0.2, 0) is 26.2 Å².